The highest BCUT2D eigenvalue weighted by Gasteiger charge is 2.21. The summed E-state index contributed by atoms with van der Waals surface area (Å²) in [6, 6.07) is 11.9. The highest BCUT2D eigenvalue weighted by Crippen LogP contribution is 2.29. The molecule has 1 aromatic heterocycles. The van der Waals surface area contributed by atoms with Crippen molar-refractivity contribution in [3.63, 3.8) is 0 Å². The van der Waals surface area contributed by atoms with Crippen LogP contribution < -0.4 is 19.9 Å². The number of ether oxygens (including phenoxy) is 1. The van der Waals surface area contributed by atoms with Crippen molar-refractivity contribution in [1.29, 1.82) is 0 Å². The largest absolute Gasteiger partial charge is 0.495 e. The average molecular weight is 368 g/mol. The first kappa shape index (κ1) is 19.0. The Morgan fingerprint density at radius 2 is 1.89 bits per heavy atom. The van der Waals surface area contributed by atoms with Crippen molar-refractivity contribution in [2.45, 2.75) is 26.3 Å². The van der Waals surface area contributed by atoms with Crippen LogP contribution in [0.5, 0.6) is 5.75 Å². The van der Waals surface area contributed by atoms with E-state index in [4.69, 9.17) is 4.74 Å². The van der Waals surface area contributed by atoms with Gasteiger partial charge in [-0.3, -0.25) is 4.79 Å². The van der Waals surface area contributed by atoms with E-state index in [1.165, 1.54) is 0 Å². The summed E-state index contributed by atoms with van der Waals surface area (Å²) < 4.78 is 5.48. The number of amides is 1. The second-order valence-corrected chi connectivity index (χ2v) is 6.83. The number of hydrogen-bond acceptors (Lipinski definition) is 5. The average Bonchev–Trinajstić information content (AvgIpc) is 2.73. The number of carbonyl (C=O) groups excluding carboxylic acids is 1. The van der Waals surface area contributed by atoms with Crippen molar-refractivity contribution in [2.24, 2.45) is 0 Å². The maximum absolute atomic E-state index is 12.4. The lowest BCUT2D eigenvalue weighted by molar-refractivity contribution is 0.0939. The van der Waals surface area contributed by atoms with Gasteiger partial charge in [-0.15, -0.1) is 0 Å². The Kier molecular flexibility index (Phi) is 6.16. The van der Waals surface area contributed by atoms with Gasteiger partial charge >= 0.3 is 0 Å². The van der Waals surface area contributed by atoms with Gasteiger partial charge in [-0.05, 0) is 37.6 Å². The summed E-state index contributed by atoms with van der Waals surface area (Å²) in [5.41, 5.74) is 1.78. The van der Waals surface area contributed by atoms with Crippen LogP contribution in [0.25, 0.3) is 0 Å². The van der Waals surface area contributed by atoms with Gasteiger partial charge < -0.3 is 19.9 Å². The van der Waals surface area contributed by atoms with Gasteiger partial charge in [-0.25, -0.2) is 4.98 Å². The van der Waals surface area contributed by atoms with E-state index in [0.717, 1.165) is 49.9 Å². The second-order valence-electron chi connectivity index (χ2n) is 6.83. The molecule has 27 heavy (non-hydrogen) atoms. The normalized spacial score (nSPS) is 15.4. The predicted octanol–water partition coefficient (Wildman–Crippen LogP) is 2.95. The number of nitrogens with one attached hydrogen (secondary N) is 1. The number of para-hydroxylation sites is 2. The molecule has 144 valence electrons. The summed E-state index contributed by atoms with van der Waals surface area (Å²) in [6.45, 7) is 7.53. The van der Waals surface area contributed by atoms with Gasteiger partial charge in [0.15, 0.2) is 0 Å². The molecule has 0 radical (unpaired) electrons. The molecule has 1 amide bonds. The molecule has 1 aliphatic heterocycles. The van der Waals surface area contributed by atoms with Crippen LogP contribution in [0.2, 0.25) is 0 Å². The van der Waals surface area contributed by atoms with Crippen LogP contribution in [-0.2, 0) is 0 Å². The van der Waals surface area contributed by atoms with Gasteiger partial charge in [0.05, 0.1) is 12.8 Å². The standard InChI is InChI=1S/C21H28N4O2/c1-4-16(2)23-21(26)17-9-10-22-20(15-17)25-13-11-24(12-14-25)18-7-5-6-8-19(18)27-3/h5-10,15-16H,4,11-14H2,1-3H3,(H,23,26). The maximum Gasteiger partial charge on any atom is 0.251 e. The van der Waals surface area contributed by atoms with Gasteiger partial charge in [-0.2, -0.15) is 0 Å². The van der Waals surface area contributed by atoms with Crippen LogP contribution in [0.15, 0.2) is 42.6 Å². The molecule has 1 atom stereocenters. The molecule has 2 heterocycles. The molecule has 0 aliphatic carbocycles. The van der Waals surface area contributed by atoms with E-state index in [9.17, 15) is 4.79 Å². The summed E-state index contributed by atoms with van der Waals surface area (Å²) in [5, 5.41) is 3.01. The number of anilines is 2. The van der Waals surface area contributed by atoms with Crippen LogP contribution >= 0.6 is 0 Å². The summed E-state index contributed by atoms with van der Waals surface area (Å²) >= 11 is 0. The van der Waals surface area contributed by atoms with Crippen molar-refractivity contribution in [3.05, 3.63) is 48.2 Å². The zero-order chi connectivity index (χ0) is 19.2. The molecule has 0 spiro atoms. The van der Waals surface area contributed by atoms with Crippen molar-refractivity contribution in [1.82, 2.24) is 10.3 Å². The van der Waals surface area contributed by atoms with Gasteiger partial charge in [0.25, 0.3) is 5.91 Å². The van der Waals surface area contributed by atoms with E-state index in [0.29, 0.717) is 5.56 Å². The Balaban J connectivity index is 1.66. The Morgan fingerprint density at radius 3 is 2.59 bits per heavy atom. The smallest absolute Gasteiger partial charge is 0.251 e. The summed E-state index contributed by atoms with van der Waals surface area (Å²) in [7, 11) is 1.70. The first-order chi connectivity index (χ1) is 13.1. The number of aromatic nitrogens is 1. The number of carbonyl (C=O) groups is 1. The molecule has 1 unspecified atom stereocenters. The molecule has 6 nitrogen and oxygen atoms in total. The molecule has 3 rings (SSSR count). The quantitative estimate of drug-likeness (QED) is 0.850. The van der Waals surface area contributed by atoms with E-state index >= 15 is 0 Å². The Hall–Kier alpha value is -2.76. The third-order valence-corrected chi connectivity index (χ3v) is 5.03. The first-order valence-corrected chi connectivity index (χ1v) is 9.52. The first-order valence-electron chi connectivity index (χ1n) is 9.52. The molecular weight excluding hydrogens is 340 g/mol. The summed E-state index contributed by atoms with van der Waals surface area (Å²) in [4.78, 5) is 21.4. The van der Waals surface area contributed by atoms with Crippen molar-refractivity contribution in [3.8, 4) is 5.75 Å². The number of pyridine rings is 1. The lowest BCUT2D eigenvalue weighted by atomic mass is 10.2. The minimum atomic E-state index is -0.0411. The summed E-state index contributed by atoms with van der Waals surface area (Å²) in [6.07, 6.45) is 2.63. The van der Waals surface area contributed by atoms with E-state index in [-0.39, 0.29) is 11.9 Å². The molecule has 1 fully saturated rings. The predicted molar refractivity (Wildman–Crippen MR) is 109 cm³/mol. The third kappa shape index (κ3) is 4.51. The Bertz CT molecular complexity index is 772. The van der Waals surface area contributed by atoms with Crippen LogP contribution in [-0.4, -0.2) is 50.2 Å². The number of hydrogen-bond donors (Lipinski definition) is 1. The van der Waals surface area contributed by atoms with Crippen LogP contribution in [0.1, 0.15) is 30.6 Å². The summed E-state index contributed by atoms with van der Waals surface area (Å²) in [5.74, 6) is 1.71. The maximum atomic E-state index is 12.4. The van der Waals surface area contributed by atoms with Crippen molar-refractivity contribution >= 4 is 17.4 Å². The molecule has 1 aliphatic rings. The van der Waals surface area contributed by atoms with E-state index in [2.05, 4.69) is 33.1 Å². The highest BCUT2D eigenvalue weighted by atomic mass is 16.5. The molecule has 6 heteroatoms. The van der Waals surface area contributed by atoms with E-state index < -0.39 is 0 Å². The fraction of sp³-hybridized carbons (Fsp3) is 0.429. The monoisotopic (exact) mass is 368 g/mol. The van der Waals surface area contributed by atoms with Crippen LogP contribution in [0.3, 0.4) is 0 Å². The molecule has 0 bridgehead atoms. The minimum absolute atomic E-state index is 0.0411. The molecular formula is C21H28N4O2. The molecule has 1 aromatic carbocycles. The van der Waals surface area contributed by atoms with Gasteiger partial charge in [0.2, 0.25) is 0 Å². The van der Waals surface area contributed by atoms with Crippen molar-refractivity contribution < 1.29 is 9.53 Å². The van der Waals surface area contributed by atoms with Crippen LogP contribution in [0, 0.1) is 0 Å². The Morgan fingerprint density at radius 1 is 1.19 bits per heavy atom. The zero-order valence-electron chi connectivity index (χ0n) is 16.3. The number of nitrogens with zero attached hydrogens (tertiary/aromatic N) is 3. The fourth-order valence-electron chi connectivity index (χ4n) is 3.21. The fourth-order valence-corrected chi connectivity index (χ4v) is 3.21. The van der Waals surface area contributed by atoms with E-state index in [1.807, 2.05) is 31.2 Å². The molecule has 0 saturated carbocycles. The molecule has 1 N–H and O–H groups in total. The van der Waals surface area contributed by atoms with Gasteiger partial charge in [0, 0.05) is 44.0 Å². The van der Waals surface area contributed by atoms with Crippen LogP contribution in [0.4, 0.5) is 11.5 Å². The number of benzene rings is 1. The van der Waals surface area contributed by atoms with Gasteiger partial charge in [0.1, 0.15) is 11.6 Å². The minimum Gasteiger partial charge on any atom is -0.495 e. The second kappa shape index (κ2) is 8.75. The SMILES string of the molecule is CCC(C)NC(=O)c1ccnc(N2CCN(c3ccccc3OC)CC2)c1. The topological polar surface area (TPSA) is 57.7 Å². The lowest BCUT2D eigenvalue weighted by Crippen LogP contribution is -2.47. The molecule has 1 saturated heterocycles. The lowest BCUT2D eigenvalue weighted by Gasteiger charge is -2.37. The highest BCUT2D eigenvalue weighted by molar-refractivity contribution is 5.95. The number of methoxy groups -OCH3 is 1. The third-order valence-electron chi connectivity index (χ3n) is 5.03. The van der Waals surface area contributed by atoms with E-state index in [1.54, 1.807) is 19.4 Å². The number of rotatable bonds is 6. The van der Waals surface area contributed by atoms with Gasteiger partial charge in [-0.1, -0.05) is 19.1 Å². The Labute approximate surface area is 161 Å². The molecule has 2 aromatic rings. The number of piperazine rings is 1. The zero-order valence-corrected chi connectivity index (χ0v) is 16.3. The van der Waals surface area contributed by atoms with Crippen molar-refractivity contribution in [2.75, 3.05) is 43.1 Å².